The second-order valence-corrected chi connectivity index (χ2v) is 12.4. The van der Waals surface area contributed by atoms with E-state index in [1.807, 2.05) is 24.3 Å². The molecule has 1 N–H and O–H groups in total. The summed E-state index contributed by atoms with van der Waals surface area (Å²) in [6, 6.07) is 9.20. The molecule has 3 atom stereocenters. The molecule has 204 valence electrons. The van der Waals surface area contributed by atoms with Crippen LogP contribution in [0.4, 0.5) is 4.79 Å². The smallest absolute Gasteiger partial charge is 0.409 e. The molecule has 0 radical (unpaired) electrons. The van der Waals surface area contributed by atoms with Gasteiger partial charge in [0.1, 0.15) is 11.6 Å². The number of carbonyl (C=O) groups excluding carboxylic acids is 3. The molecule has 3 saturated heterocycles. The number of piperidine rings is 1. The first-order valence-corrected chi connectivity index (χ1v) is 14.7. The van der Waals surface area contributed by atoms with Crippen LogP contribution in [0.25, 0.3) is 0 Å². The van der Waals surface area contributed by atoms with E-state index in [0.29, 0.717) is 50.5 Å². The molecular weight excluding hydrogens is 526 g/mol. The van der Waals surface area contributed by atoms with Crippen LogP contribution in [0.1, 0.15) is 45.4 Å². The summed E-state index contributed by atoms with van der Waals surface area (Å²) in [5, 5.41) is 13.1. The Labute approximate surface area is 232 Å². The van der Waals surface area contributed by atoms with E-state index in [0.717, 1.165) is 30.7 Å². The van der Waals surface area contributed by atoms with Crippen LogP contribution in [0.15, 0.2) is 29.2 Å². The molecule has 1 saturated carbocycles. The van der Waals surface area contributed by atoms with Gasteiger partial charge in [-0.1, -0.05) is 11.6 Å². The van der Waals surface area contributed by atoms with Gasteiger partial charge in [0.05, 0.1) is 18.7 Å². The van der Waals surface area contributed by atoms with Crippen LogP contribution in [0.2, 0.25) is 5.02 Å². The molecule has 38 heavy (non-hydrogen) atoms. The summed E-state index contributed by atoms with van der Waals surface area (Å²) in [6.07, 6.45) is 3.93. The molecule has 9 nitrogen and oxygen atoms in total. The third-order valence-corrected chi connectivity index (χ3v) is 9.57. The number of hydrogen-bond donors (Lipinski definition) is 1. The molecule has 4 aliphatic rings. The van der Waals surface area contributed by atoms with Gasteiger partial charge in [0, 0.05) is 47.4 Å². The van der Waals surface area contributed by atoms with Gasteiger partial charge in [0.25, 0.3) is 0 Å². The number of likely N-dealkylation sites (tertiary alicyclic amines) is 3. The maximum Gasteiger partial charge on any atom is 0.409 e. The number of rotatable bonds is 7. The van der Waals surface area contributed by atoms with Crippen LogP contribution in [0.3, 0.4) is 0 Å². The molecule has 11 heteroatoms. The lowest BCUT2D eigenvalue weighted by molar-refractivity contribution is -0.148. The lowest BCUT2D eigenvalue weighted by atomic mass is 9.93. The standard InChI is InChI=1S/C27H34ClN5O4S/c1-2-37-26(36)31-12-7-19(8-13-31)32-14-9-22(32)25(35)33-16-21(38-20-5-3-18(28)4-6-20)15-23(33)24(34)30-27(17-29)10-11-27/h3-6,19,21-23H,2,7-16H2,1H3,(H,30,34)/t21-,22?,23+/m1/s1. The Hall–Kier alpha value is -2.48. The number of nitriles is 1. The van der Waals surface area contributed by atoms with Crippen molar-refractivity contribution in [2.75, 3.05) is 32.8 Å². The summed E-state index contributed by atoms with van der Waals surface area (Å²) in [5.74, 6) is -0.240. The van der Waals surface area contributed by atoms with E-state index < -0.39 is 11.6 Å². The van der Waals surface area contributed by atoms with E-state index in [9.17, 15) is 19.6 Å². The first-order valence-electron chi connectivity index (χ1n) is 13.5. The number of ether oxygens (including phenoxy) is 1. The largest absolute Gasteiger partial charge is 0.450 e. The highest BCUT2D eigenvalue weighted by molar-refractivity contribution is 8.00. The monoisotopic (exact) mass is 559 g/mol. The van der Waals surface area contributed by atoms with Crippen molar-refractivity contribution in [2.24, 2.45) is 0 Å². The van der Waals surface area contributed by atoms with E-state index in [2.05, 4.69) is 16.3 Å². The molecule has 0 bridgehead atoms. The molecule has 5 rings (SSSR count). The van der Waals surface area contributed by atoms with Gasteiger partial charge in [-0.2, -0.15) is 5.26 Å². The number of benzene rings is 1. The van der Waals surface area contributed by atoms with Crippen molar-refractivity contribution in [1.29, 1.82) is 5.26 Å². The summed E-state index contributed by atoms with van der Waals surface area (Å²) >= 11 is 7.69. The number of nitrogens with zero attached hydrogens (tertiary/aromatic N) is 4. The highest BCUT2D eigenvalue weighted by Crippen LogP contribution is 2.38. The van der Waals surface area contributed by atoms with Crippen LogP contribution in [-0.2, 0) is 14.3 Å². The Morgan fingerprint density at radius 2 is 1.84 bits per heavy atom. The lowest BCUT2D eigenvalue weighted by Gasteiger charge is -2.48. The minimum Gasteiger partial charge on any atom is -0.450 e. The Morgan fingerprint density at radius 3 is 2.42 bits per heavy atom. The van der Waals surface area contributed by atoms with Gasteiger partial charge in [0.2, 0.25) is 11.8 Å². The lowest BCUT2D eigenvalue weighted by Crippen LogP contribution is -2.63. The van der Waals surface area contributed by atoms with E-state index in [1.54, 1.807) is 28.5 Å². The molecule has 3 aliphatic heterocycles. The predicted octanol–water partition coefficient (Wildman–Crippen LogP) is 3.27. The summed E-state index contributed by atoms with van der Waals surface area (Å²) in [5.41, 5.74) is -0.775. The summed E-state index contributed by atoms with van der Waals surface area (Å²) in [6.45, 7) is 4.72. The number of thioether (sulfide) groups is 1. The highest BCUT2D eigenvalue weighted by Gasteiger charge is 2.50. The zero-order valence-electron chi connectivity index (χ0n) is 21.6. The van der Waals surface area contributed by atoms with Gasteiger partial charge in [0.15, 0.2) is 0 Å². The van der Waals surface area contributed by atoms with Gasteiger partial charge >= 0.3 is 6.09 Å². The predicted molar refractivity (Wildman–Crippen MR) is 144 cm³/mol. The van der Waals surface area contributed by atoms with Crippen molar-refractivity contribution in [3.05, 3.63) is 29.3 Å². The van der Waals surface area contributed by atoms with Crippen molar-refractivity contribution in [3.8, 4) is 6.07 Å². The van der Waals surface area contributed by atoms with Gasteiger partial charge in [-0.25, -0.2) is 4.79 Å². The van der Waals surface area contributed by atoms with Crippen molar-refractivity contribution in [1.82, 2.24) is 20.0 Å². The molecule has 1 aromatic carbocycles. The van der Waals surface area contributed by atoms with E-state index in [1.165, 1.54) is 0 Å². The van der Waals surface area contributed by atoms with Crippen LogP contribution in [-0.4, -0.2) is 94.3 Å². The van der Waals surface area contributed by atoms with Gasteiger partial charge in [-0.15, -0.1) is 11.8 Å². The zero-order valence-corrected chi connectivity index (χ0v) is 23.2. The van der Waals surface area contributed by atoms with Crippen molar-refractivity contribution in [2.45, 2.75) is 79.3 Å². The third kappa shape index (κ3) is 5.75. The van der Waals surface area contributed by atoms with E-state index >= 15 is 0 Å². The second kappa shape index (κ2) is 11.3. The Kier molecular flexibility index (Phi) is 8.08. The summed E-state index contributed by atoms with van der Waals surface area (Å²) in [4.78, 5) is 46.1. The van der Waals surface area contributed by atoms with E-state index in [4.69, 9.17) is 16.3 Å². The average molecular weight is 560 g/mol. The molecule has 1 aliphatic carbocycles. The van der Waals surface area contributed by atoms with E-state index in [-0.39, 0.29) is 35.2 Å². The fourth-order valence-electron chi connectivity index (χ4n) is 5.69. The van der Waals surface area contributed by atoms with Gasteiger partial charge in [-0.05, 0) is 69.7 Å². The quantitative estimate of drug-likeness (QED) is 0.546. The van der Waals surface area contributed by atoms with Crippen LogP contribution in [0.5, 0.6) is 0 Å². The number of nitrogens with one attached hydrogen (secondary N) is 1. The van der Waals surface area contributed by atoms with Crippen molar-refractivity contribution < 1.29 is 19.1 Å². The first kappa shape index (κ1) is 27.1. The molecular formula is C27H34ClN5O4S. The average Bonchev–Trinajstić information content (AvgIpc) is 3.53. The molecule has 3 heterocycles. The number of carbonyl (C=O) groups is 3. The van der Waals surface area contributed by atoms with Gasteiger partial charge in [-0.3, -0.25) is 14.5 Å². The zero-order chi connectivity index (χ0) is 26.9. The minimum absolute atomic E-state index is 0.00904. The SMILES string of the molecule is CCOC(=O)N1CCC(N2CCC2C(=O)N2C[C@H](Sc3ccc(Cl)cc3)C[C@H]2C(=O)NC2(C#N)CC2)CC1. The third-order valence-electron chi connectivity index (χ3n) is 8.10. The number of amides is 3. The van der Waals surface area contributed by atoms with Crippen LogP contribution < -0.4 is 5.32 Å². The molecule has 1 aromatic rings. The molecule has 4 fully saturated rings. The number of halogens is 1. The molecule has 0 aromatic heterocycles. The first-order chi connectivity index (χ1) is 18.3. The number of hydrogen-bond acceptors (Lipinski definition) is 7. The highest BCUT2D eigenvalue weighted by atomic mass is 35.5. The van der Waals surface area contributed by atoms with Crippen molar-refractivity contribution in [3.63, 3.8) is 0 Å². The van der Waals surface area contributed by atoms with Crippen LogP contribution in [0, 0.1) is 11.3 Å². The maximum atomic E-state index is 13.9. The minimum atomic E-state index is -0.775. The van der Waals surface area contributed by atoms with Crippen LogP contribution >= 0.6 is 23.4 Å². The molecule has 1 unspecified atom stereocenters. The molecule has 3 amide bonds. The fourth-order valence-corrected chi connectivity index (χ4v) is 7.00. The topological polar surface area (TPSA) is 106 Å². The maximum absolute atomic E-state index is 13.9. The Bertz CT molecular complexity index is 1100. The molecule has 0 spiro atoms. The fraction of sp³-hybridized carbons (Fsp3) is 0.630. The van der Waals surface area contributed by atoms with Gasteiger partial charge < -0.3 is 19.9 Å². The normalized spacial score (nSPS) is 26.8. The Balaban J connectivity index is 1.25. The second-order valence-electron chi connectivity index (χ2n) is 10.6. The summed E-state index contributed by atoms with van der Waals surface area (Å²) in [7, 11) is 0. The van der Waals surface area contributed by atoms with Crippen molar-refractivity contribution >= 4 is 41.3 Å². The summed E-state index contributed by atoms with van der Waals surface area (Å²) < 4.78 is 5.13. The Morgan fingerprint density at radius 1 is 1.13 bits per heavy atom.